The first-order valence-electron chi connectivity index (χ1n) is 8.55. The highest BCUT2D eigenvalue weighted by atomic mass is 16.6. The molecule has 1 heterocycles. The van der Waals surface area contributed by atoms with Crippen LogP contribution in [-0.2, 0) is 9.47 Å². The zero-order chi connectivity index (χ0) is 16.2. The van der Waals surface area contributed by atoms with Gasteiger partial charge in [0.15, 0.2) is 0 Å². The van der Waals surface area contributed by atoms with Crippen LogP contribution in [0.3, 0.4) is 0 Å². The number of allylic oxidation sites excluding steroid dienone is 1. The summed E-state index contributed by atoms with van der Waals surface area (Å²) in [5.74, 6) is 0. The fraction of sp³-hybridized carbons (Fsp3) is 0.882. The second-order valence-electron chi connectivity index (χ2n) is 5.94. The molecule has 1 rings (SSSR count). The van der Waals surface area contributed by atoms with Gasteiger partial charge in [0.1, 0.15) is 24.4 Å². The largest absolute Gasteiger partial charge is 0.394 e. The van der Waals surface area contributed by atoms with Crippen LogP contribution in [0.5, 0.6) is 0 Å². The van der Waals surface area contributed by atoms with Gasteiger partial charge in [-0.25, -0.2) is 0 Å². The molecule has 0 unspecified atom stereocenters. The molecule has 1 aliphatic rings. The Balaban J connectivity index is 2.07. The third-order valence-corrected chi connectivity index (χ3v) is 4.03. The van der Waals surface area contributed by atoms with Gasteiger partial charge in [0.2, 0.25) is 0 Å². The smallest absolute Gasteiger partial charge is 0.114 e. The first kappa shape index (κ1) is 19.6. The van der Waals surface area contributed by atoms with Gasteiger partial charge in [-0.1, -0.05) is 51.2 Å². The van der Waals surface area contributed by atoms with E-state index in [0.717, 1.165) is 6.42 Å². The van der Waals surface area contributed by atoms with Gasteiger partial charge in [-0.15, -0.1) is 0 Å². The van der Waals surface area contributed by atoms with E-state index in [4.69, 9.17) is 9.47 Å². The molecule has 5 heteroatoms. The summed E-state index contributed by atoms with van der Waals surface area (Å²) in [6.07, 6.45) is 9.62. The molecular formula is C17H32O5. The zero-order valence-corrected chi connectivity index (χ0v) is 13.7. The summed E-state index contributed by atoms with van der Waals surface area (Å²) in [6.45, 7) is 2.45. The molecule has 1 aliphatic heterocycles. The first-order valence-corrected chi connectivity index (χ1v) is 8.55. The zero-order valence-electron chi connectivity index (χ0n) is 13.7. The van der Waals surface area contributed by atoms with Gasteiger partial charge >= 0.3 is 0 Å². The van der Waals surface area contributed by atoms with Gasteiger partial charge in [-0.05, 0) is 12.8 Å². The molecule has 0 aromatic heterocycles. The SMILES string of the molecule is CCCCCCCC/C=C/CO[C@H](CO)[C@@H]1OC[C@H](O)[C@@H]1O. The Hall–Kier alpha value is -0.460. The van der Waals surface area contributed by atoms with Crippen molar-refractivity contribution in [2.24, 2.45) is 0 Å². The van der Waals surface area contributed by atoms with E-state index in [1.54, 1.807) is 0 Å². The van der Waals surface area contributed by atoms with Crippen LogP contribution < -0.4 is 0 Å². The molecule has 130 valence electrons. The predicted octanol–water partition coefficient (Wildman–Crippen LogP) is 1.79. The summed E-state index contributed by atoms with van der Waals surface area (Å²) in [6, 6.07) is 0. The van der Waals surface area contributed by atoms with E-state index in [1.165, 1.54) is 38.5 Å². The number of hydrogen-bond donors (Lipinski definition) is 3. The lowest BCUT2D eigenvalue weighted by atomic mass is 10.1. The highest BCUT2D eigenvalue weighted by molar-refractivity contribution is 4.89. The molecule has 1 saturated heterocycles. The van der Waals surface area contributed by atoms with Crippen LogP contribution in [0.15, 0.2) is 12.2 Å². The van der Waals surface area contributed by atoms with Crippen LogP contribution in [0, 0.1) is 0 Å². The maximum Gasteiger partial charge on any atom is 0.114 e. The molecular weight excluding hydrogens is 284 g/mol. The van der Waals surface area contributed by atoms with Crippen molar-refractivity contribution in [1.82, 2.24) is 0 Å². The fourth-order valence-corrected chi connectivity index (χ4v) is 2.61. The van der Waals surface area contributed by atoms with Crippen molar-refractivity contribution in [3.05, 3.63) is 12.2 Å². The van der Waals surface area contributed by atoms with Crippen molar-refractivity contribution in [1.29, 1.82) is 0 Å². The predicted molar refractivity (Wildman–Crippen MR) is 85.7 cm³/mol. The highest BCUT2D eigenvalue weighted by Crippen LogP contribution is 2.19. The van der Waals surface area contributed by atoms with E-state index in [2.05, 4.69) is 13.0 Å². The molecule has 0 aromatic carbocycles. The molecule has 0 radical (unpaired) electrons. The van der Waals surface area contributed by atoms with E-state index in [-0.39, 0.29) is 13.2 Å². The molecule has 0 aliphatic carbocycles. The van der Waals surface area contributed by atoms with Gasteiger partial charge in [-0.2, -0.15) is 0 Å². The van der Waals surface area contributed by atoms with Crippen LogP contribution in [-0.4, -0.2) is 59.6 Å². The molecule has 0 saturated carbocycles. The number of ether oxygens (including phenoxy) is 2. The van der Waals surface area contributed by atoms with Crippen LogP contribution in [0.4, 0.5) is 0 Å². The summed E-state index contributed by atoms with van der Waals surface area (Å²) in [4.78, 5) is 0. The third kappa shape index (κ3) is 7.20. The van der Waals surface area contributed by atoms with Gasteiger partial charge in [0.25, 0.3) is 0 Å². The minimum absolute atomic E-state index is 0.0829. The number of unbranched alkanes of at least 4 members (excludes halogenated alkanes) is 6. The minimum atomic E-state index is -0.996. The normalized spacial score (nSPS) is 26.8. The van der Waals surface area contributed by atoms with Gasteiger partial charge < -0.3 is 24.8 Å². The van der Waals surface area contributed by atoms with Crippen molar-refractivity contribution >= 4 is 0 Å². The Morgan fingerprint density at radius 2 is 1.86 bits per heavy atom. The van der Waals surface area contributed by atoms with Crippen molar-refractivity contribution in [3.63, 3.8) is 0 Å². The summed E-state index contributed by atoms with van der Waals surface area (Å²) < 4.78 is 10.8. The number of aliphatic hydroxyl groups excluding tert-OH is 3. The average Bonchev–Trinajstić information content (AvgIpc) is 2.85. The summed E-state index contributed by atoms with van der Waals surface area (Å²) in [5, 5.41) is 28.5. The molecule has 1 fully saturated rings. The van der Waals surface area contributed by atoms with E-state index in [1.807, 2.05) is 6.08 Å². The maximum atomic E-state index is 9.74. The Bertz CT molecular complexity index is 295. The van der Waals surface area contributed by atoms with E-state index in [0.29, 0.717) is 6.61 Å². The molecule has 0 aromatic rings. The Labute approximate surface area is 133 Å². The lowest BCUT2D eigenvalue weighted by molar-refractivity contribution is -0.0942. The van der Waals surface area contributed by atoms with Crippen LogP contribution in [0.2, 0.25) is 0 Å². The summed E-state index contributed by atoms with van der Waals surface area (Å²) in [5.41, 5.74) is 0. The third-order valence-electron chi connectivity index (χ3n) is 4.03. The van der Waals surface area contributed by atoms with Gasteiger partial charge in [0, 0.05) is 0 Å². The quantitative estimate of drug-likeness (QED) is 0.378. The van der Waals surface area contributed by atoms with Crippen molar-refractivity contribution in [2.45, 2.75) is 76.3 Å². The standard InChI is InChI=1S/C17H32O5/c1-2-3-4-5-6-7-8-9-10-11-21-15(12-18)17-16(20)14(19)13-22-17/h9-10,14-20H,2-8,11-13H2,1H3/b10-9+/t14-,15+,16-,17-/m0/s1. The summed E-state index contributed by atoms with van der Waals surface area (Å²) in [7, 11) is 0. The average molecular weight is 316 g/mol. The second kappa shape index (κ2) is 12.0. The van der Waals surface area contributed by atoms with Crippen LogP contribution >= 0.6 is 0 Å². The molecule has 0 spiro atoms. The molecule has 0 amide bonds. The molecule has 3 N–H and O–H groups in total. The number of aliphatic hydroxyl groups is 3. The molecule has 4 atom stereocenters. The first-order chi connectivity index (χ1) is 10.7. The monoisotopic (exact) mass is 316 g/mol. The Morgan fingerprint density at radius 3 is 2.50 bits per heavy atom. The fourth-order valence-electron chi connectivity index (χ4n) is 2.61. The topological polar surface area (TPSA) is 79.2 Å². The van der Waals surface area contributed by atoms with Crippen LogP contribution in [0.1, 0.15) is 51.9 Å². The van der Waals surface area contributed by atoms with E-state index in [9.17, 15) is 15.3 Å². The lowest BCUT2D eigenvalue weighted by Crippen LogP contribution is -2.42. The molecule has 22 heavy (non-hydrogen) atoms. The molecule has 5 nitrogen and oxygen atoms in total. The lowest BCUT2D eigenvalue weighted by Gasteiger charge is -2.23. The highest BCUT2D eigenvalue weighted by Gasteiger charge is 2.40. The minimum Gasteiger partial charge on any atom is -0.394 e. The molecule has 0 bridgehead atoms. The Kier molecular flexibility index (Phi) is 10.7. The second-order valence-corrected chi connectivity index (χ2v) is 5.94. The van der Waals surface area contributed by atoms with Crippen molar-refractivity contribution in [2.75, 3.05) is 19.8 Å². The van der Waals surface area contributed by atoms with Crippen LogP contribution in [0.25, 0.3) is 0 Å². The number of rotatable bonds is 12. The summed E-state index contributed by atoms with van der Waals surface area (Å²) >= 11 is 0. The maximum absolute atomic E-state index is 9.74. The van der Waals surface area contributed by atoms with E-state index < -0.39 is 24.4 Å². The number of hydrogen-bond acceptors (Lipinski definition) is 5. The van der Waals surface area contributed by atoms with Gasteiger partial charge in [0.05, 0.1) is 19.8 Å². The Morgan fingerprint density at radius 1 is 1.14 bits per heavy atom. The van der Waals surface area contributed by atoms with Gasteiger partial charge in [-0.3, -0.25) is 0 Å². The van der Waals surface area contributed by atoms with Crippen molar-refractivity contribution in [3.8, 4) is 0 Å². The van der Waals surface area contributed by atoms with Crippen molar-refractivity contribution < 1.29 is 24.8 Å². The van der Waals surface area contributed by atoms with E-state index >= 15 is 0 Å².